The Labute approximate surface area is 148 Å². The summed E-state index contributed by atoms with van der Waals surface area (Å²) in [6.45, 7) is 3.61. The van der Waals surface area contributed by atoms with Crippen molar-refractivity contribution in [3.63, 3.8) is 0 Å². The van der Waals surface area contributed by atoms with Crippen LogP contribution in [0.1, 0.15) is 25.5 Å². The van der Waals surface area contributed by atoms with Crippen molar-refractivity contribution in [2.75, 3.05) is 0 Å². The van der Waals surface area contributed by atoms with E-state index in [-0.39, 0.29) is 17.0 Å². The molecule has 0 saturated carbocycles. The number of benzene rings is 1. The standard InChI is InChI=1S/C16H19N3O5S/c1-16(2)11(15(23)24)19-13(22)10(14(19)25-16)18-12(21)9(17)7-3-5-8(20)6-4-7/h3-6,9-11,14,20H,17H2,1-2H3,(H,18,21)(H,23,24)/p+1. The zero-order valence-electron chi connectivity index (χ0n) is 13.7. The number of hydrogen-bond acceptors (Lipinski definition) is 6. The Balaban J connectivity index is 1.70. The van der Waals surface area contributed by atoms with Crippen LogP contribution in [0.15, 0.2) is 24.3 Å². The van der Waals surface area contributed by atoms with E-state index in [2.05, 4.69) is 5.32 Å². The predicted octanol–water partition coefficient (Wildman–Crippen LogP) is -0.810. The first-order chi connectivity index (χ1) is 11.6. The lowest BCUT2D eigenvalue weighted by molar-refractivity contribution is -0.161. The van der Waals surface area contributed by atoms with Crippen LogP contribution in [-0.2, 0) is 14.4 Å². The van der Waals surface area contributed by atoms with Crippen molar-refractivity contribution >= 4 is 29.5 Å². The summed E-state index contributed by atoms with van der Waals surface area (Å²) in [5.74, 6) is -1.63. The summed E-state index contributed by atoms with van der Waals surface area (Å²) in [6.07, 6.45) is 0. The molecule has 0 aromatic heterocycles. The number of phenolic OH excluding ortho intramolecular Hbond substituents is 1. The third-order valence-electron chi connectivity index (χ3n) is 4.52. The molecule has 3 rings (SSSR count). The molecule has 2 heterocycles. The first-order valence-corrected chi connectivity index (χ1v) is 8.62. The van der Waals surface area contributed by atoms with Crippen LogP contribution < -0.4 is 11.1 Å². The summed E-state index contributed by atoms with van der Waals surface area (Å²) < 4.78 is -0.586. The van der Waals surface area contributed by atoms with Crippen LogP contribution in [0.4, 0.5) is 0 Å². The van der Waals surface area contributed by atoms with Crippen molar-refractivity contribution in [1.82, 2.24) is 10.2 Å². The molecule has 0 bridgehead atoms. The molecule has 4 unspecified atom stereocenters. The topological polar surface area (TPSA) is 136 Å². The number of thioether (sulfide) groups is 1. The lowest BCUT2D eigenvalue weighted by atomic mass is 9.95. The predicted molar refractivity (Wildman–Crippen MR) is 91.7 cm³/mol. The highest BCUT2D eigenvalue weighted by Crippen LogP contribution is 2.50. The quantitative estimate of drug-likeness (QED) is 0.471. The molecule has 8 nitrogen and oxygen atoms in total. The van der Waals surface area contributed by atoms with E-state index in [1.165, 1.54) is 40.9 Å². The van der Waals surface area contributed by atoms with Crippen LogP contribution in [0.3, 0.4) is 0 Å². The molecule has 2 fully saturated rings. The number of β-lactam (4-membered cyclic amide) rings is 1. The molecule has 0 aliphatic carbocycles. The maximum atomic E-state index is 12.4. The molecule has 0 spiro atoms. The van der Waals surface area contributed by atoms with Gasteiger partial charge in [-0.1, -0.05) is 12.1 Å². The fourth-order valence-electron chi connectivity index (χ4n) is 3.25. The second-order valence-electron chi connectivity index (χ2n) is 6.68. The average Bonchev–Trinajstić information content (AvgIpc) is 2.80. The number of rotatable bonds is 4. The van der Waals surface area contributed by atoms with Gasteiger partial charge in [0.25, 0.3) is 0 Å². The number of carbonyl (C=O) groups excluding carboxylic acids is 3. The molecule has 6 N–H and O–H groups in total. The summed E-state index contributed by atoms with van der Waals surface area (Å²) in [4.78, 5) is 37.7. The highest BCUT2D eigenvalue weighted by Gasteiger charge is 2.66. The number of phenols is 1. The fraction of sp³-hybridized carbons (Fsp3) is 0.438. The van der Waals surface area contributed by atoms with E-state index >= 15 is 0 Å². The molecule has 1 aromatic rings. The molecular formula is C16H20N3O5S+. The highest BCUT2D eigenvalue weighted by molar-refractivity contribution is 8.01. The highest BCUT2D eigenvalue weighted by atomic mass is 32.2. The first-order valence-electron chi connectivity index (χ1n) is 7.74. The monoisotopic (exact) mass is 366 g/mol. The Kier molecular flexibility index (Phi) is 4.16. The minimum atomic E-state index is -0.976. The smallest absolute Gasteiger partial charge is 0.540 e. The molecule has 1 aromatic carbocycles. The van der Waals surface area contributed by atoms with E-state index in [4.69, 9.17) is 10.8 Å². The fourth-order valence-corrected chi connectivity index (χ4v) is 4.88. The number of nitrogens with one attached hydrogen (secondary N) is 1. The van der Waals surface area contributed by atoms with E-state index in [1.54, 1.807) is 13.8 Å². The molecule has 134 valence electrons. The number of fused-ring (bicyclic) bond motifs is 1. The van der Waals surface area contributed by atoms with Crippen molar-refractivity contribution in [2.45, 2.75) is 42.1 Å². The first kappa shape index (κ1) is 17.6. The minimum absolute atomic E-state index is 0.0665. The Hall–Kier alpha value is -2.26. The Morgan fingerprint density at radius 1 is 1.36 bits per heavy atom. The van der Waals surface area contributed by atoms with Gasteiger partial charge in [0.15, 0.2) is 0 Å². The molecule has 2 saturated heterocycles. The molecule has 2 aliphatic heterocycles. The maximum Gasteiger partial charge on any atom is 0.540 e. The van der Waals surface area contributed by atoms with Gasteiger partial charge in [-0.15, -0.1) is 11.8 Å². The number of nitrogens with two attached hydrogens (primary N) is 1. The number of hydrogen-bond donors (Lipinski definition) is 3. The Bertz CT molecular complexity index is 736. The van der Waals surface area contributed by atoms with Crippen LogP contribution >= 0.6 is 11.8 Å². The largest absolute Gasteiger partial charge is 0.563 e. The summed E-state index contributed by atoms with van der Waals surface area (Å²) in [6, 6.07) is 3.39. The van der Waals surface area contributed by atoms with Gasteiger partial charge in [0.2, 0.25) is 17.9 Å². The van der Waals surface area contributed by atoms with E-state index in [0.717, 1.165) is 0 Å². The Morgan fingerprint density at radius 2 is 1.96 bits per heavy atom. The molecule has 2 amide bonds. The van der Waals surface area contributed by atoms with Gasteiger partial charge in [0, 0.05) is 9.54 Å². The molecule has 0 radical (unpaired) electrons. The third kappa shape index (κ3) is 2.83. The van der Waals surface area contributed by atoms with E-state index in [1.807, 2.05) is 0 Å². The maximum absolute atomic E-state index is 12.4. The van der Waals surface area contributed by atoms with E-state index < -0.39 is 34.7 Å². The van der Waals surface area contributed by atoms with Crippen molar-refractivity contribution in [3.8, 4) is 5.75 Å². The molecule has 9 heteroatoms. The van der Waals surface area contributed by atoms with Gasteiger partial charge in [0.05, 0.1) is 0 Å². The summed E-state index contributed by atoms with van der Waals surface area (Å²) in [5, 5.41) is 19.0. The number of nitrogens with zero attached hydrogens (tertiary/aromatic N) is 1. The van der Waals surface area contributed by atoms with Gasteiger partial charge in [-0.3, -0.25) is 9.59 Å². The molecule has 2 aliphatic rings. The van der Waals surface area contributed by atoms with Crippen molar-refractivity contribution in [1.29, 1.82) is 0 Å². The number of carbonyl (C=O) groups is 3. The number of aromatic hydroxyl groups is 1. The van der Waals surface area contributed by atoms with Gasteiger partial charge in [0.1, 0.15) is 23.2 Å². The van der Waals surface area contributed by atoms with Crippen LogP contribution in [0.25, 0.3) is 0 Å². The number of amides is 2. The Morgan fingerprint density at radius 3 is 2.52 bits per heavy atom. The van der Waals surface area contributed by atoms with Gasteiger partial charge < -0.3 is 26.2 Å². The summed E-state index contributed by atoms with van der Waals surface area (Å²) >= 11 is 1.39. The summed E-state index contributed by atoms with van der Waals surface area (Å²) in [5.41, 5.74) is 6.43. The van der Waals surface area contributed by atoms with E-state index in [0.29, 0.717) is 5.56 Å². The van der Waals surface area contributed by atoms with Crippen LogP contribution in [-0.4, -0.2) is 55.1 Å². The average molecular weight is 366 g/mol. The van der Waals surface area contributed by atoms with Crippen molar-refractivity contribution < 1.29 is 24.6 Å². The normalized spacial score (nSPS) is 28.0. The van der Waals surface area contributed by atoms with Gasteiger partial charge in [-0.2, -0.15) is 0 Å². The van der Waals surface area contributed by atoms with Crippen LogP contribution in [0.2, 0.25) is 0 Å². The zero-order valence-corrected chi connectivity index (χ0v) is 14.5. The van der Waals surface area contributed by atoms with Crippen LogP contribution in [0.5, 0.6) is 5.75 Å². The minimum Gasteiger partial charge on any atom is -0.563 e. The molecule has 4 atom stereocenters. The summed E-state index contributed by atoms with van der Waals surface area (Å²) in [7, 11) is 0. The lowest BCUT2D eigenvalue weighted by Crippen LogP contribution is -2.71. The van der Waals surface area contributed by atoms with Crippen molar-refractivity contribution in [3.05, 3.63) is 29.8 Å². The second kappa shape index (κ2) is 5.92. The van der Waals surface area contributed by atoms with Gasteiger partial charge in [-0.25, -0.2) is 0 Å². The second-order valence-corrected chi connectivity index (χ2v) is 8.45. The molecular weight excluding hydrogens is 346 g/mol. The lowest BCUT2D eigenvalue weighted by Gasteiger charge is -2.42. The van der Waals surface area contributed by atoms with Gasteiger partial charge >= 0.3 is 5.97 Å². The zero-order chi connectivity index (χ0) is 18.5. The SMILES string of the molecule is CC1(C)SC2C(NC(=O)C(N)c3ccc(O)cc3)C(=O)N2C1C(=O)[OH2+]. The van der Waals surface area contributed by atoms with Crippen molar-refractivity contribution in [2.24, 2.45) is 5.73 Å². The van der Waals surface area contributed by atoms with Crippen LogP contribution in [0, 0.1) is 0 Å². The van der Waals surface area contributed by atoms with E-state index in [9.17, 15) is 19.5 Å². The van der Waals surface area contributed by atoms with Gasteiger partial charge in [-0.05, 0) is 31.5 Å². The molecule has 25 heavy (non-hydrogen) atoms. The third-order valence-corrected chi connectivity index (χ3v) is 6.09.